The molecule has 0 aliphatic heterocycles. The summed E-state index contributed by atoms with van der Waals surface area (Å²) < 4.78 is 35.9. The van der Waals surface area contributed by atoms with E-state index in [4.69, 9.17) is 0 Å². The molecule has 1 unspecified atom stereocenters. The Morgan fingerprint density at radius 1 is 1.32 bits per heavy atom. The van der Waals surface area contributed by atoms with E-state index < -0.39 is 17.5 Å². The Morgan fingerprint density at radius 3 is 2.37 bits per heavy atom. The maximum absolute atomic E-state index is 12.0. The Morgan fingerprint density at radius 2 is 1.89 bits per heavy atom. The van der Waals surface area contributed by atoms with Crippen LogP contribution in [0.3, 0.4) is 0 Å². The average Bonchev–Trinajstić information content (AvgIpc) is 2.27. The number of hydrogen-bond acceptors (Lipinski definition) is 3. The zero-order valence-electron chi connectivity index (χ0n) is 10.4. The van der Waals surface area contributed by atoms with Crippen LogP contribution < -0.4 is 5.32 Å². The van der Waals surface area contributed by atoms with Crippen LogP contribution in [0.25, 0.3) is 0 Å². The molecule has 0 bridgehead atoms. The van der Waals surface area contributed by atoms with Crippen molar-refractivity contribution in [2.45, 2.75) is 38.4 Å². The molecule has 0 saturated heterocycles. The van der Waals surface area contributed by atoms with Crippen LogP contribution in [0.5, 0.6) is 0 Å². The molecule has 1 rings (SSSR count). The van der Waals surface area contributed by atoms with Crippen LogP contribution in [-0.4, -0.2) is 17.1 Å². The average molecular weight is 276 g/mol. The normalized spacial score (nSPS) is 13.1. The van der Waals surface area contributed by atoms with Crippen molar-refractivity contribution in [3.05, 3.63) is 34.4 Å². The molecule has 0 aliphatic rings. The van der Waals surface area contributed by atoms with Crippen molar-refractivity contribution >= 4 is 11.4 Å². The molecule has 1 atom stereocenters. The molecule has 0 heterocycles. The molecule has 106 valence electrons. The minimum absolute atomic E-state index is 0.0183. The van der Waals surface area contributed by atoms with E-state index in [9.17, 15) is 23.3 Å². The summed E-state index contributed by atoms with van der Waals surface area (Å²) in [5.74, 6) is 0. The Kier molecular flexibility index (Phi) is 5.14. The number of nitro groups is 1. The van der Waals surface area contributed by atoms with Crippen molar-refractivity contribution in [2.24, 2.45) is 0 Å². The maximum atomic E-state index is 12.0. The van der Waals surface area contributed by atoms with Crippen molar-refractivity contribution in [2.75, 3.05) is 5.32 Å². The number of rotatable bonds is 6. The molecule has 1 N–H and O–H groups in total. The topological polar surface area (TPSA) is 55.2 Å². The minimum atomic E-state index is -4.12. The second-order valence-corrected chi connectivity index (χ2v) is 4.36. The van der Waals surface area contributed by atoms with Crippen LogP contribution in [0.2, 0.25) is 0 Å². The van der Waals surface area contributed by atoms with E-state index in [-0.39, 0.29) is 18.2 Å². The zero-order valence-corrected chi connectivity index (χ0v) is 10.4. The third kappa shape index (κ3) is 6.08. The van der Waals surface area contributed by atoms with Crippen LogP contribution in [0.1, 0.15) is 26.2 Å². The Hall–Kier alpha value is -1.79. The van der Waals surface area contributed by atoms with Crippen molar-refractivity contribution in [3.63, 3.8) is 0 Å². The fourth-order valence-electron chi connectivity index (χ4n) is 1.64. The van der Waals surface area contributed by atoms with E-state index in [1.807, 2.05) is 0 Å². The summed E-state index contributed by atoms with van der Waals surface area (Å²) in [7, 11) is 0. The lowest BCUT2D eigenvalue weighted by atomic mass is 10.1. The van der Waals surface area contributed by atoms with Crippen molar-refractivity contribution in [1.29, 1.82) is 0 Å². The maximum Gasteiger partial charge on any atom is 0.389 e. The summed E-state index contributed by atoms with van der Waals surface area (Å²) in [5.41, 5.74) is 0.639. The summed E-state index contributed by atoms with van der Waals surface area (Å²) in [5, 5.41) is 13.5. The zero-order chi connectivity index (χ0) is 14.5. The minimum Gasteiger partial charge on any atom is -0.383 e. The smallest absolute Gasteiger partial charge is 0.383 e. The molecule has 4 nitrogen and oxygen atoms in total. The van der Waals surface area contributed by atoms with Gasteiger partial charge in [0.1, 0.15) is 0 Å². The third-order valence-electron chi connectivity index (χ3n) is 2.59. The van der Waals surface area contributed by atoms with Gasteiger partial charge in [0.05, 0.1) is 4.92 Å². The van der Waals surface area contributed by atoms with E-state index in [0.29, 0.717) is 12.1 Å². The molecule has 19 heavy (non-hydrogen) atoms. The molecule has 1 aromatic carbocycles. The van der Waals surface area contributed by atoms with E-state index in [0.717, 1.165) is 0 Å². The van der Waals surface area contributed by atoms with Gasteiger partial charge in [0, 0.05) is 30.3 Å². The first-order valence-corrected chi connectivity index (χ1v) is 5.85. The van der Waals surface area contributed by atoms with Gasteiger partial charge in [-0.15, -0.1) is 0 Å². The monoisotopic (exact) mass is 276 g/mol. The summed E-state index contributed by atoms with van der Waals surface area (Å²) >= 11 is 0. The second kappa shape index (κ2) is 6.40. The molecule has 0 aromatic heterocycles. The number of nitro benzene ring substituents is 1. The number of alkyl halides is 3. The van der Waals surface area contributed by atoms with Gasteiger partial charge in [-0.3, -0.25) is 10.1 Å². The lowest BCUT2D eigenvalue weighted by molar-refractivity contribution is -0.384. The van der Waals surface area contributed by atoms with Crippen LogP contribution >= 0.6 is 0 Å². The highest BCUT2D eigenvalue weighted by molar-refractivity contribution is 5.48. The quantitative estimate of drug-likeness (QED) is 0.628. The summed E-state index contributed by atoms with van der Waals surface area (Å²) in [6, 6.07) is 5.66. The predicted octanol–water partition coefficient (Wildman–Crippen LogP) is 4.13. The number of nitrogens with zero attached hydrogens (tertiary/aromatic N) is 1. The van der Waals surface area contributed by atoms with Gasteiger partial charge in [0.2, 0.25) is 0 Å². The molecule has 7 heteroatoms. The lowest BCUT2D eigenvalue weighted by Crippen LogP contribution is -2.16. The SMILES string of the molecule is CC(CCCC(F)(F)F)Nc1ccc([N+](=O)[O-])cc1. The summed E-state index contributed by atoms with van der Waals surface area (Å²) in [6.45, 7) is 1.78. The van der Waals surface area contributed by atoms with Crippen LogP contribution in [0, 0.1) is 10.1 Å². The number of nitrogens with one attached hydrogen (secondary N) is 1. The highest BCUT2D eigenvalue weighted by atomic mass is 19.4. The molecule has 1 aromatic rings. The van der Waals surface area contributed by atoms with Gasteiger partial charge in [-0.1, -0.05) is 0 Å². The molecule has 0 aliphatic carbocycles. The van der Waals surface area contributed by atoms with Gasteiger partial charge in [0.15, 0.2) is 0 Å². The van der Waals surface area contributed by atoms with Gasteiger partial charge in [-0.05, 0) is 31.9 Å². The number of benzene rings is 1. The Balaban J connectivity index is 2.40. The van der Waals surface area contributed by atoms with E-state index >= 15 is 0 Å². The molecule has 0 fully saturated rings. The summed E-state index contributed by atoms with van der Waals surface area (Å²) in [6.07, 6.45) is -4.46. The second-order valence-electron chi connectivity index (χ2n) is 4.36. The molecule has 0 spiro atoms. The number of anilines is 1. The van der Waals surface area contributed by atoms with Gasteiger partial charge in [-0.25, -0.2) is 0 Å². The number of non-ortho nitro benzene ring substituents is 1. The van der Waals surface area contributed by atoms with Crippen molar-refractivity contribution in [3.8, 4) is 0 Å². The number of hydrogen-bond donors (Lipinski definition) is 1. The van der Waals surface area contributed by atoms with Gasteiger partial charge < -0.3 is 5.32 Å². The van der Waals surface area contributed by atoms with Gasteiger partial charge in [-0.2, -0.15) is 13.2 Å². The molecule has 0 radical (unpaired) electrons. The fourth-order valence-corrected chi connectivity index (χ4v) is 1.64. The van der Waals surface area contributed by atoms with Crippen LogP contribution in [0.15, 0.2) is 24.3 Å². The van der Waals surface area contributed by atoms with E-state index in [1.54, 1.807) is 19.1 Å². The van der Waals surface area contributed by atoms with E-state index in [2.05, 4.69) is 5.32 Å². The number of halogens is 3. The molecular formula is C12H15F3N2O2. The van der Waals surface area contributed by atoms with Gasteiger partial charge >= 0.3 is 6.18 Å². The molecular weight excluding hydrogens is 261 g/mol. The first kappa shape index (κ1) is 15.3. The standard InChI is InChI=1S/C12H15F3N2O2/c1-9(3-2-8-12(13,14)15)16-10-4-6-11(7-5-10)17(18)19/h4-7,9,16H,2-3,8H2,1H3. The Bertz CT molecular complexity index is 418. The summed E-state index contributed by atoms with van der Waals surface area (Å²) in [4.78, 5) is 9.94. The van der Waals surface area contributed by atoms with Gasteiger partial charge in [0.25, 0.3) is 5.69 Å². The van der Waals surface area contributed by atoms with Crippen LogP contribution in [-0.2, 0) is 0 Å². The highest BCUT2D eigenvalue weighted by Crippen LogP contribution is 2.23. The predicted molar refractivity (Wildman–Crippen MR) is 66.1 cm³/mol. The highest BCUT2D eigenvalue weighted by Gasteiger charge is 2.26. The molecule has 0 saturated carbocycles. The fraction of sp³-hybridized carbons (Fsp3) is 0.500. The first-order valence-electron chi connectivity index (χ1n) is 5.85. The molecule has 0 amide bonds. The largest absolute Gasteiger partial charge is 0.389 e. The lowest BCUT2D eigenvalue weighted by Gasteiger charge is -2.15. The van der Waals surface area contributed by atoms with E-state index in [1.165, 1.54) is 12.1 Å². The third-order valence-corrected chi connectivity index (χ3v) is 2.59. The van der Waals surface area contributed by atoms with Crippen molar-refractivity contribution < 1.29 is 18.1 Å². The Labute approximate surface area is 108 Å². The van der Waals surface area contributed by atoms with Crippen molar-refractivity contribution in [1.82, 2.24) is 0 Å². The first-order chi connectivity index (χ1) is 8.78. The van der Waals surface area contributed by atoms with Crippen LogP contribution in [0.4, 0.5) is 24.5 Å².